The Kier molecular flexibility index (Phi) is 5.26. The molecule has 0 unspecified atom stereocenters. The first kappa shape index (κ1) is 9.66. The van der Waals surface area contributed by atoms with Crippen LogP contribution < -0.4 is 0 Å². The van der Waals surface area contributed by atoms with Crippen LogP contribution in [0.1, 0.15) is 26.2 Å². The molecule has 0 aromatic rings. The average molecular weight is 144 g/mol. The quantitative estimate of drug-likeness (QED) is 0.567. The van der Waals surface area contributed by atoms with Crippen molar-refractivity contribution in [3.8, 4) is 0 Å². The summed E-state index contributed by atoms with van der Waals surface area (Å²) in [7, 11) is 0. The third-order valence-electron chi connectivity index (χ3n) is 1.39. The Morgan fingerprint density at radius 3 is 2.40 bits per heavy atom. The van der Waals surface area contributed by atoms with Crippen LogP contribution in [-0.4, -0.2) is 22.4 Å². The van der Waals surface area contributed by atoms with Crippen LogP contribution in [0, 0.1) is 0 Å². The lowest BCUT2D eigenvalue weighted by Gasteiger charge is -2.05. The fourth-order valence-corrected chi connectivity index (χ4v) is 0.740. The third-order valence-corrected chi connectivity index (χ3v) is 1.39. The number of aliphatic hydroxyl groups excluding tert-OH is 2. The summed E-state index contributed by atoms with van der Waals surface area (Å²) in [6, 6.07) is 0. The summed E-state index contributed by atoms with van der Waals surface area (Å²) in [5.74, 6) is 0. The predicted molar refractivity (Wildman–Crippen MR) is 41.7 cm³/mol. The molecule has 0 fully saturated rings. The van der Waals surface area contributed by atoms with Crippen molar-refractivity contribution in [2.75, 3.05) is 0 Å². The molecule has 2 heteroatoms. The summed E-state index contributed by atoms with van der Waals surface area (Å²) in [6.45, 7) is 5.20. The summed E-state index contributed by atoms with van der Waals surface area (Å²) in [5.41, 5.74) is 0. The van der Waals surface area contributed by atoms with Crippen molar-refractivity contribution in [1.82, 2.24) is 0 Å². The second-order valence-corrected chi connectivity index (χ2v) is 2.58. The van der Waals surface area contributed by atoms with Crippen LogP contribution in [0.4, 0.5) is 0 Å². The van der Waals surface area contributed by atoms with Gasteiger partial charge in [0.15, 0.2) is 0 Å². The normalized spacial score (nSPS) is 16.3. The minimum Gasteiger partial charge on any atom is -0.393 e. The maximum Gasteiger partial charge on any atom is 0.0718 e. The van der Waals surface area contributed by atoms with E-state index in [0.29, 0.717) is 6.42 Å². The fraction of sp³-hybridized carbons (Fsp3) is 0.750. The zero-order valence-electron chi connectivity index (χ0n) is 6.45. The van der Waals surface area contributed by atoms with Crippen LogP contribution in [0.3, 0.4) is 0 Å². The van der Waals surface area contributed by atoms with E-state index in [1.807, 2.05) is 0 Å². The van der Waals surface area contributed by atoms with Gasteiger partial charge in [0, 0.05) is 0 Å². The van der Waals surface area contributed by atoms with Gasteiger partial charge in [0.05, 0.1) is 12.2 Å². The standard InChI is InChI=1S/C8H16O2/c1-3-8(10)6-4-5-7(2)9/h3,7-10H,1,4-6H2,2H3/t7-,8+/m1/s1. The van der Waals surface area contributed by atoms with E-state index >= 15 is 0 Å². The lowest BCUT2D eigenvalue weighted by atomic mass is 10.1. The number of hydrogen-bond donors (Lipinski definition) is 2. The molecular weight excluding hydrogens is 128 g/mol. The first-order valence-corrected chi connectivity index (χ1v) is 3.65. The highest BCUT2D eigenvalue weighted by Gasteiger charge is 1.99. The van der Waals surface area contributed by atoms with Crippen molar-refractivity contribution in [3.05, 3.63) is 12.7 Å². The Morgan fingerprint density at radius 2 is 2.00 bits per heavy atom. The lowest BCUT2D eigenvalue weighted by Crippen LogP contribution is -2.04. The van der Waals surface area contributed by atoms with Gasteiger partial charge in [-0.15, -0.1) is 6.58 Å². The van der Waals surface area contributed by atoms with Gasteiger partial charge in [-0.3, -0.25) is 0 Å². The molecule has 0 heterocycles. The monoisotopic (exact) mass is 144 g/mol. The summed E-state index contributed by atoms with van der Waals surface area (Å²) < 4.78 is 0. The number of aliphatic hydroxyl groups is 2. The molecule has 0 aromatic heterocycles. The summed E-state index contributed by atoms with van der Waals surface area (Å²) >= 11 is 0. The van der Waals surface area contributed by atoms with Gasteiger partial charge in [-0.25, -0.2) is 0 Å². The molecule has 10 heavy (non-hydrogen) atoms. The maximum absolute atomic E-state index is 8.97. The van der Waals surface area contributed by atoms with Gasteiger partial charge < -0.3 is 10.2 Å². The number of hydrogen-bond acceptors (Lipinski definition) is 2. The van der Waals surface area contributed by atoms with Crippen LogP contribution in [0.5, 0.6) is 0 Å². The van der Waals surface area contributed by atoms with Crippen LogP contribution in [0.15, 0.2) is 12.7 Å². The molecule has 0 rings (SSSR count). The number of rotatable bonds is 5. The highest BCUT2D eigenvalue weighted by atomic mass is 16.3. The Hall–Kier alpha value is -0.340. The molecule has 0 spiro atoms. The van der Waals surface area contributed by atoms with Crippen LogP contribution in [0.25, 0.3) is 0 Å². The van der Waals surface area contributed by atoms with Crippen LogP contribution in [-0.2, 0) is 0 Å². The predicted octanol–water partition coefficient (Wildman–Crippen LogP) is 1.08. The summed E-state index contributed by atoms with van der Waals surface area (Å²) in [6.07, 6.45) is 3.17. The molecule has 0 saturated heterocycles. The van der Waals surface area contributed by atoms with E-state index in [-0.39, 0.29) is 6.10 Å². The van der Waals surface area contributed by atoms with E-state index in [9.17, 15) is 0 Å². The van der Waals surface area contributed by atoms with Crippen LogP contribution >= 0.6 is 0 Å². The van der Waals surface area contributed by atoms with Gasteiger partial charge >= 0.3 is 0 Å². The second-order valence-electron chi connectivity index (χ2n) is 2.58. The highest BCUT2D eigenvalue weighted by molar-refractivity contribution is 4.77. The van der Waals surface area contributed by atoms with Crippen molar-refractivity contribution in [3.63, 3.8) is 0 Å². The minimum atomic E-state index is -0.404. The molecule has 0 radical (unpaired) electrons. The molecule has 2 nitrogen and oxygen atoms in total. The van der Waals surface area contributed by atoms with Gasteiger partial charge in [-0.2, -0.15) is 0 Å². The van der Waals surface area contributed by atoms with Crippen molar-refractivity contribution in [1.29, 1.82) is 0 Å². The summed E-state index contributed by atoms with van der Waals surface area (Å²) in [4.78, 5) is 0. The fourth-order valence-electron chi connectivity index (χ4n) is 0.740. The van der Waals surface area contributed by atoms with E-state index in [4.69, 9.17) is 10.2 Å². The Bertz CT molecular complexity index is 89.3. The first-order chi connectivity index (χ1) is 4.66. The molecule has 0 aliphatic rings. The molecule has 0 aromatic carbocycles. The van der Waals surface area contributed by atoms with E-state index in [1.54, 1.807) is 6.92 Å². The van der Waals surface area contributed by atoms with Gasteiger partial charge in [-0.05, 0) is 26.2 Å². The minimum absolute atomic E-state index is 0.253. The largest absolute Gasteiger partial charge is 0.393 e. The summed E-state index contributed by atoms with van der Waals surface area (Å²) in [5, 5.41) is 17.8. The third kappa shape index (κ3) is 5.79. The van der Waals surface area contributed by atoms with Crippen molar-refractivity contribution in [2.45, 2.75) is 38.4 Å². The second kappa shape index (κ2) is 5.45. The maximum atomic E-state index is 8.97. The van der Waals surface area contributed by atoms with Crippen LogP contribution in [0.2, 0.25) is 0 Å². The van der Waals surface area contributed by atoms with E-state index in [2.05, 4.69) is 6.58 Å². The van der Waals surface area contributed by atoms with Gasteiger partial charge in [0.2, 0.25) is 0 Å². The molecular formula is C8H16O2. The molecule has 0 amide bonds. The Morgan fingerprint density at radius 1 is 1.40 bits per heavy atom. The SMILES string of the molecule is C=C[C@H](O)CCC[C@@H](C)O. The van der Waals surface area contributed by atoms with E-state index in [0.717, 1.165) is 12.8 Å². The molecule has 0 aliphatic carbocycles. The van der Waals surface area contributed by atoms with E-state index < -0.39 is 6.10 Å². The van der Waals surface area contributed by atoms with Crippen molar-refractivity contribution < 1.29 is 10.2 Å². The van der Waals surface area contributed by atoms with Gasteiger partial charge in [0.25, 0.3) is 0 Å². The molecule has 2 atom stereocenters. The lowest BCUT2D eigenvalue weighted by molar-refractivity contribution is 0.164. The Balaban J connectivity index is 3.11. The topological polar surface area (TPSA) is 40.5 Å². The zero-order chi connectivity index (χ0) is 7.98. The first-order valence-electron chi connectivity index (χ1n) is 3.65. The Labute approximate surface area is 62.2 Å². The van der Waals surface area contributed by atoms with Crippen molar-refractivity contribution >= 4 is 0 Å². The molecule has 2 N–H and O–H groups in total. The average Bonchev–Trinajstić information content (AvgIpc) is 1.87. The molecule has 0 bridgehead atoms. The van der Waals surface area contributed by atoms with Gasteiger partial charge in [-0.1, -0.05) is 6.08 Å². The molecule has 0 aliphatic heterocycles. The zero-order valence-corrected chi connectivity index (χ0v) is 6.45. The van der Waals surface area contributed by atoms with E-state index in [1.165, 1.54) is 6.08 Å². The van der Waals surface area contributed by atoms with Crippen molar-refractivity contribution in [2.24, 2.45) is 0 Å². The highest BCUT2D eigenvalue weighted by Crippen LogP contribution is 2.03. The molecule has 0 saturated carbocycles. The smallest absolute Gasteiger partial charge is 0.0718 e. The molecule has 60 valence electrons. The van der Waals surface area contributed by atoms with Gasteiger partial charge in [0.1, 0.15) is 0 Å².